The van der Waals surface area contributed by atoms with Gasteiger partial charge in [0.2, 0.25) is 0 Å². The minimum atomic E-state index is -0.278. The van der Waals surface area contributed by atoms with E-state index in [4.69, 9.17) is 0 Å². The van der Waals surface area contributed by atoms with Crippen LogP contribution in [0.3, 0.4) is 0 Å². The van der Waals surface area contributed by atoms with Gasteiger partial charge in [0, 0.05) is 28.2 Å². The highest BCUT2D eigenvalue weighted by atomic mass is 16.1. The molecule has 1 aliphatic carbocycles. The van der Waals surface area contributed by atoms with E-state index in [1.165, 1.54) is 0 Å². The van der Waals surface area contributed by atoms with E-state index in [1.807, 2.05) is 37.3 Å². The van der Waals surface area contributed by atoms with Crippen molar-refractivity contribution in [3.05, 3.63) is 41.1 Å². The fourth-order valence-electron chi connectivity index (χ4n) is 2.27. The van der Waals surface area contributed by atoms with E-state index in [-0.39, 0.29) is 17.5 Å². The molecule has 0 spiro atoms. The summed E-state index contributed by atoms with van der Waals surface area (Å²) in [6, 6.07) is 10.1. The minimum Gasteiger partial charge on any atom is -0.358 e. The summed E-state index contributed by atoms with van der Waals surface area (Å²) in [5.41, 5.74) is 3.03. The summed E-state index contributed by atoms with van der Waals surface area (Å²) < 4.78 is 0. The van der Waals surface area contributed by atoms with Crippen LogP contribution in [-0.4, -0.2) is 16.9 Å². The summed E-state index contributed by atoms with van der Waals surface area (Å²) in [7, 11) is 0. The van der Waals surface area contributed by atoms with E-state index in [1.54, 1.807) is 6.08 Å². The normalized spacial score (nSPS) is 15.1. The fourth-order valence-corrected chi connectivity index (χ4v) is 2.27. The molecule has 0 saturated heterocycles. The summed E-state index contributed by atoms with van der Waals surface area (Å²) in [5.74, 6) is -0.278. The lowest BCUT2D eigenvalue weighted by molar-refractivity contribution is -0.117. The van der Waals surface area contributed by atoms with Gasteiger partial charge in [-0.1, -0.05) is 18.2 Å². The molecule has 0 atom stereocenters. The van der Waals surface area contributed by atoms with Crippen LogP contribution < -0.4 is 5.32 Å². The predicted octanol–water partition coefficient (Wildman–Crippen LogP) is 2.66. The first-order chi connectivity index (χ1) is 9.69. The molecule has 1 saturated carbocycles. The quantitative estimate of drug-likeness (QED) is 0.661. The SMILES string of the molecule is Cc1[nH]c2ccccc2c1/C=C(/C#N)C(=O)NC1CC1. The van der Waals surface area contributed by atoms with Crippen molar-refractivity contribution in [1.29, 1.82) is 5.26 Å². The van der Waals surface area contributed by atoms with Crippen molar-refractivity contribution in [2.24, 2.45) is 0 Å². The average molecular weight is 265 g/mol. The van der Waals surface area contributed by atoms with Crippen LogP contribution in [0.5, 0.6) is 0 Å². The van der Waals surface area contributed by atoms with Gasteiger partial charge in [-0.3, -0.25) is 4.79 Å². The molecule has 1 heterocycles. The number of hydrogen-bond acceptors (Lipinski definition) is 2. The monoisotopic (exact) mass is 265 g/mol. The van der Waals surface area contributed by atoms with Gasteiger partial charge in [0.15, 0.2) is 0 Å². The molecule has 1 aromatic heterocycles. The molecule has 0 radical (unpaired) electrons. The Morgan fingerprint density at radius 1 is 1.45 bits per heavy atom. The van der Waals surface area contributed by atoms with Crippen LogP contribution in [0.2, 0.25) is 0 Å². The maximum absolute atomic E-state index is 12.0. The van der Waals surface area contributed by atoms with Crippen molar-refractivity contribution in [2.75, 3.05) is 0 Å². The van der Waals surface area contributed by atoms with Crippen LogP contribution in [0, 0.1) is 18.3 Å². The zero-order chi connectivity index (χ0) is 14.1. The van der Waals surface area contributed by atoms with Crippen molar-refractivity contribution in [3.63, 3.8) is 0 Å². The third-order valence-electron chi connectivity index (χ3n) is 3.51. The van der Waals surface area contributed by atoms with Gasteiger partial charge in [-0.15, -0.1) is 0 Å². The molecule has 2 aromatic rings. The van der Waals surface area contributed by atoms with Gasteiger partial charge in [0.1, 0.15) is 11.6 Å². The van der Waals surface area contributed by atoms with Gasteiger partial charge >= 0.3 is 0 Å². The molecule has 4 nitrogen and oxygen atoms in total. The molecular formula is C16H15N3O. The number of nitrogens with one attached hydrogen (secondary N) is 2. The van der Waals surface area contributed by atoms with Gasteiger partial charge in [-0.05, 0) is 31.9 Å². The molecule has 1 aromatic carbocycles. The summed E-state index contributed by atoms with van der Waals surface area (Å²) in [5, 5.41) is 13.1. The third-order valence-corrected chi connectivity index (χ3v) is 3.51. The lowest BCUT2D eigenvalue weighted by Crippen LogP contribution is -2.26. The zero-order valence-corrected chi connectivity index (χ0v) is 11.2. The first-order valence-electron chi connectivity index (χ1n) is 6.69. The number of rotatable bonds is 3. The molecule has 1 aliphatic rings. The van der Waals surface area contributed by atoms with Gasteiger partial charge in [-0.2, -0.15) is 5.26 Å². The number of carbonyl (C=O) groups excluding carboxylic acids is 1. The van der Waals surface area contributed by atoms with Crippen LogP contribution in [0.25, 0.3) is 17.0 Å². The minimum absolute atomic E-state index is 0.157. The van der Waals surface area contributed by atoms with Crippen molar-refractivity contribution >= 4 is 22.9 Å². The van der Waals surface area contributed by atoms with Gasteiger partial charge in [0.25, 0.3) is 5.91 Å². The van der Waals surface area contributed by atoms with Crippen molar-refractivity contribution in [2.45, 2.75) is 25.8 Å². The number of nitriles is 1. The number of hydrogen-bond donors (Lipinski definition) is 2. The highest BCUT2D eigenvalue weighted by Gasteiger charge is 2.24. The molecule has 0 aliphatic heterocycles. The number of aromatic amines is 1. The molecule has 2 N–H and O–H groups in total. The lowest BCUT2D eigenvalue weighted by atomic mass is 10.1. The van der Waals surface area contributed by atoms with Gasteiger partial charge in [0.05, 0.1) is 0 Å². The number of aryl methyl sites for hydroxylation is 1. The van der Waals surface area contributed by atoms with E-state index < -0.39 is 0 Å². The third kappa shape index (κ3) is 2.30. The topological polar surface area (TPSA) is 68.7 Å². The molecule has 3 rings (SSSR count). The molecule has 0 unspecified atom stereocenters. The Morgan fingerprint density at radius 2 is 2.20 bits per heavy atom. The Balaban J connectivity index is 2.00. The molecule has 100 valence electrons. The van der Waals surface area contributed by atoms with Crippen LogP contribution >= 0.6 is 0 Å². The van der Waals surface area contributed by atoms with Crippen LogP contribution in [-0.2, 0) is 4.79 Å². The predicted molar refractivity (Wildman–Crippen MR) is 77.8 cm³/mol. The Bertz CT molecular complexity index is 745. The molecule has 20 heavy (non-hydrogen) atoms. The Morgan fingerprint density at radius 3 is 2.90 bits per heavy atom. The maximum Gasteiger partial charge on any atom is 0.262 e. The molecule has 1 amide bonds. The highest BCUT2D eigenvalue weighted by molar-refractivity contribution is 6.04. The number of benzene rings is 1. The second-order valence-corrected chi connectivity index (χ2v) is 5.13. The molecule has 0 bridgehead atoms. The maximum atomic E-state index is 12.0. The van der Waals surface area contributed by atoms with E-state index >= 15 is 0 Å². The van der Waals surface area contributed by atoms with Crippen LogP contribution in [0.1, 0.15) is 24.1 Å². The fraction of sp³-hybridized carbons (Fsp3) is 0.250. The summed E-state index contributed by atoms with van der Waals surface area (Å²) in [6.45, 7) is 1.94. The largest absolute Gasteiger partial charge is 0.358 e. The second kappa shape index (κ2) is 4.86. The summed E-state index contributed by atoms with van der Waals surface area (Å²) >= 11 is 0. The number of amides is 1. The number of para-hydroxylation sites is 1. The van der Waals surface area contributed by atoms with Crippen LogP contribution in [0.4, 0.5) is 0 Å². The highest BCUT2D eigenvalue weighted by Crippen LogP contribution is 2.25. The van der Waals surface area contributed by atoms with Gasteiger partial charge in [-0.25, -0.2) is 0 Å². The zero-order valence-electron chi connectivity index (χ0n) is 11.2. The lowest BCUT2D eigenvalue weighted by Gasteiger charge is -2.01. The Labute approximate surface area is 117 Å². The Kier molecular flexibility index (Phi) is 3.03. The number of H-pyrrole nitrogens is 1. The van der Waals surface area contributed by atoms with Gasteiger partial charge < -0.3 is 10.3 Å². The van der Waals surface area contributed by atoms with Crippen LogP contribution in [0.15, 0.2) is 29.8 Å². The first kappa shape index (κ1) is 12.5. The number of nitrogens with zero attached hydrogens (tertiary/aromatic N) is 1. The smallest absolute Gasteiger partial charge is 0.262 e. The summed E-state index contributed by atoms with van der Waals surface area (Å²) in [6.07, 6.45) is 3.69. The van der Waals surface area contributed by atoms with Crippen molar-refractivity contribution in [3.8, 4) is 6.07 Å². The van der Waals surface area contributed by atoms with Crippen molar-refractivity contribution in [1.82, 2.24) is 10.3 Å². The van der Waals surface area contributed by atoms with Crippen molar-refractivity contribution < 1.29 is 4.79 Å². The summed E-state index contributed by atoms with van der Waals surface area (Å²) in [4.78, 5) is 15.2. The number of carbonyl (C=O) groups is 1. The Hall–Kier alpha value is -2.54. The molecule has 4 heteroatoms. The standard InChI is InChI=1S/C16H15N3O/c1-10-14(13-4-2-3-5-15(13)18-10)8-11(9-17)16(20)19-12-6-7-12/h2-5,8,12,18H,6-7H2,1H3,(H,19,20)/b11-8-. The van der Waals surface area contributed by atoms with E-state index in [0.717, 1.165) is 35.0 Å². The number of fused-ring (bicyclic) bond motifs is 1. The molecular weight excluding hydrogens is 250 g/mol. The first-order valence-corrected chi connectivity index (χ1v) is 6.69. The average Bonchev–Trinajstić information content (AvgIpc) is 3.19. The van der Waals surface area contributed by atoms with E-state index in [9.17, 15) is 10.1 Å². The molecule has 1 fully saturated rings. The van der Waals surface area contributed by atoms with E-state index in [2.05, 4.69) is 10.3 Å². The second-order valence-electron chi connectivity index (χ2n) is 5.13. The van der Waals surface area contributed by atoms with E-state index in [0.29, 0.717) is 0 Å². The number of aromatic nitrogens is 1.